The Morgan fingerprint density at radius 3 is 1.90 bits per heavy atom. The second-order valence-electron chi connectivity index (χ2n) is 5.06. The van der Waals surface area contributed by atoms with E-state index in [-0.39, 0.29) is 14.9 Å². The van der Waals surface area contributed by atoms with E-state index < -0.39 is 0 Å². The molecule has 0 heterocycles. The summed E-state index contributed by atoms with van der Waals surface area (Å²) in [5.41, 5.74) is 1.32. The number of hydrogen-bond donors (Lipinski definition) is 0. The smallest absolute Gasteiger partial charge is 0.0181 e. The lowest BCUT2D eigenvalue weighted by Crippen LogP contribution is -2.08. The van der Waals surface area contributed by atoms with E-state index in [2.05, 4.69) is 56.3 Å². The molecule has 0 aliphatic heterocycles. The second kappa shape index (κ2) is 12.4. The summed E-state index contributed by atoms with van der Waals surface area (Å²) in [6, 6.07) is 14.9. The molecule has 0 bridgehead atoms. The van der Waals surface area contributed by atoms with Crippen molar-refractivity contribution in [1.82, 2.24) is 0 Å². The molecule has 0 N–H and O–H groups in total. The zero-order valence-corrected chi connectivity index (χ0v) is 12.9. The highest BCUT2D eigenvalue weighted by atomic mass is 14.2. The van der Waals surface area contributed by atoms with E-state index in [4.69, 9.17) is 0 Å². The first kappa shape index (κ1) is 22.0. The van der Waals surface area contributed by atoms with Gasteiger partial charge in [0.25, 0.3) is 0 Å². The van der Waals surface area contributed by atoms with Crippen LogP contribution < -0.4 is 0 Å². The molecule has 0 radical (unpaired) electrons. The van der Waals surface area contributed by atoms with Crippen molar-refractivity contribution in [3.63, 3.8) is 0 Å². The van der Waals surface area contributed by atoms with E-state index in [0.717, 1.165) is 5.92 Å². The van der Waals surface area contributed by atoms with Crippen molar-refractivity contribution in [2.24, 2.45) is 5.92 Å². The first-order valence-electron chi connectivity index (χ1n) is 7.75. The molecule has 0 nitrogen and oxygen atoms in total. The molecule has 0 amide bonds. The summed E-state index contributed by atoms with van der Waals surface area (Å²) in [4.78, 5) is 0. The topological polar surface area (TPSA) is 0 Å². The van der Waals surface area contributed by atoms with Crippen LogP contribution in [0.15, 0.2) is 42.5 Å². The van der Waals surface area contributed by atoms with Gasteiger partial charge in [0.1, 0.15) is 0 Å². The zero-order valence-electron chi connectivity index (χ0n) is 12.9. The molecule has 2 aromatic rings. The van der Waals surface area contributed by atoms with Crippen LogP contribution in [0.2, 0.25) is 0 Å². The number of benzene rings is 2. The van der Waals surface area contributed by atoms with Gasteiger partial charge in [0, 0.05) is 0 Å². The van der Waals surface area contributed by atoms with E-state index in [9.17, 15) is 0 Å². The molecule has 1 fully saturated rings. The van der Waals surface area contributed by atoms with Gasteiger partial charge in [-0.15, -0.1) is 0 Å². The predicted molar refractivity (Wildman–Crippen MR) is 101 cm³/mol. The van der Waals surface area contributed by atoms with Gasteiger partial charge in [0.2, 0.25) is 0 Å². The third-order valence-electron chi connectivity index (χ3n) is 3.71. The van der Waals surface area contributed by atoms with Crippen LogP contribution in [0.5, 0.6) is 0 Å². The first-order valence-corrected chi connectivity index (χ1v) is 7.75. The average Bonchev–Trinajstić information content (AvgIpc) is 2.40. The third kappa shape index (κ3) is 7.32. The predicted octanol–water partition coefficient (Wildman–Crippen LogP) is 7.64. The quantitative estimate of drug-likeness (QED) is 0.505. The van der Waals surface area contributed by atoms with Crippen LogP contribution in [0.4, 0.5) is 0 Å². The van der Waals surface area contributed by atoms with Crippen molar-refractivity contribution >= 4 is 10.8 Å². The minimum absolute atomic E-state index is 0. The van der Waals surface area contributed by atoms with Gasteiger partial charge in [0.05, 0.1) is 0 Å². The van der Waals surface area contributed by atoms with E-state index in [0.29, 0.717) is 0 Å². The van der Waals surface area contributed by atoms with E-state index in [1.165, 1.54) is 42.0 Å². The summed E-state index contributed by atoms with van der Waals surface area (Å²) in [6.07, 6.45) is 5.94. The van der Waals surface area contributed by atoms with Gasteiger partial charge in [0.15, 0.2) is 0 Å². The Bertz CT molecular complexity index is 463. The number of rotatable bonds is 1. The fourth-order valence-electron chi connectivity index (χ4n) is 2.21. The van der Waals surface area contributed by atoms with Gasteiger partial charge < -0.3 is 0 Å². The van der Waals surface area contributed by atoms with Crippen molar-refractivity contribution in [2.75, 3.05) is 0 Å². The molecule has 0 heteroatoms. The normalized spacial score (nSPS) is 12.4. The zero-order chi connectivity index (χ0) is 14.1. The van der Waals surface area contributed by atoms with Crippen LogP contribution in [0.1, 0.15) is 66.9 Å². The summed E-state index contributed by atoms with van der Waals surface area (Å²) in [5, 5.41) is 2.64. The summed E-state index contributed by atoms with van der Waals surface area (Å²) >= 11 is 0. The molecule has 3 rings (SSSR count). The molecule has 0 aromatic heterocycles. The Hall–Kier alpha value is -1.30. The average molecular weight is 289 g/mol. The second-order valence-corrected chi connectivity index (χ2v) is 5.06. The maximum atomic E-state index is 2.28. The number of aryl methyl sites for hydroxylation is 1. The Kier molecular flexibility index (Phi) is 13.0. The highest BCUT2D eigenvalue weighted by Gasteiger charge is 2.13. The van der Waals surface area contributed by atoms with Gasteiger partial charge in [-0.2, -0.15) is 0 Å². The molecule has 0 spiro atoms. The minimum atomic E-state index is 0. The highest BCUT2D eigenvalue weighted by molar-refractivity contribution is 5.82. The van der Waals surface area contributed by atoms with Gasteiger partial charge in [-0.05, 0) is 23.6 Å². The van der Waals surface area contributed by atoms with Crippen molar-refractivity contribution < 1.29 is 0 Å². The van der Waals surface area contributed by atoms with Gasteiger partial charge in [-0.3, -0.25) is 0 Å². The van der Waals surface area contributed by atoms with Crippen molar-refractivity contribution in [3.05, 3.63) is 48.0 Å². The molecule has 0 saturated heterocycles. The van der Waals surface area contributed by atoms with E-state index in [1.54, 1.807) is 0 Å². The van der Waals surface area contributed by atoms with E-state index >= 15 is 0 Å². The summed E-state index contributed by atoms with van der Waals surface area (Å²) < 4.78 is 0. The minimum Gasteiger partial charge on any atom is -0.0776 e. The lowest BCUT2D eigenvalue weighted by Gasteiger charge is -2.22. The lowest BCUT2D eigenvalue weighted by atomic mass is 9.84. The summed E-state index contributed by atoms with van der Waals surface area (Å²) in [7, 11) is 0. The maximum Gasteiger partial charge on any atom is -0.0181 e. The molecular weight excluding hydrogens is 252 g/mol. The van der Waals surface area contributed by atoms with Crippen LogP contribution in [0.3, 0.4) is 0 Å². The fraction of sp³-hybridized carbons (Fsp3) is 0.524. The van der Waals surface area contributed by atoms with Crippen molar-refractivity contribution in [2.45, 2.75) is 68.2 Å². The standard InChI is InChI=1S/C11H10.C6H12.C2H6.2CH4/c1-9-6-7-10-4-2-3-5-11(10)8-9;1-2-6-4-3-5-6;1-2;;/h2-8H,1H3;6H,2-5H2,1H3;1-2H3;2*1H4. The Balaban J connectivity index is 0. The van der Waals surface area contributed by atoms with Crippen molar-refractivity contribution in [1.29, 1.82) is 0 Å². The molecule has 2 aromatic carbocycles. The van der Waals surface area contributed by atoms with Crippen molar-refractivity contribution in [3.8, 4) is 0 Å². The Morgan fingerprint density at radius 1 is 0.905 bits per heavy atom. The maximum absolute atomic E-state index is 2.28. The first-order chi connectivity index (χ1) is 9.29. The Morgan fingerprint density at radius 2 is 1.48 bits per heavy atom. The van der Waals surface area contributed by atoms with Gasteiger partial charge in [-0.1, -0.05) is 109 Å². The summed E-state index contributed by atoms with van der Waals surface area (Å²) in [5.74, 6) is 1.12. The molecule has 1 aliphatic rings. The van der Waals surface area contributed by atoms with Crippen LogP contribution >= 0.6 is 0 Å². The summed E-state index contributed by atoms with van der Waals surface area (Å²) in [6.45, 7) is 8.40. The van der Waals surface area contributed by atoms with Gasteiger partial charge >= 0.3 is 0 Å². The lowest BCUT2D eigenvalue weighted by molar-refractivity contribution is 0.307. The molecule has 1 saturated carbocycles. The van der Waals surface area contributed by atoms with Crippen LogP contribution in [-0.2, 0) is 0 Å². The molecule has 0 unspecified atom stereocenters. The molecular formula is C21H36. The molecule has 0 atom stereocenters. The molecule has 120 valence electrons. The largest absolute Gasteiger partial charge is 0.0776 e. The third-order valence-corrected chi connectivity index (χ3v) is 3.71. The highest BCUT2D eigenvalue weighted by Crippen LogP contribution is 2.28. The van der Waals surface area contributed by atoms with Crippen LogP contribution in [-0.4, -0.2) is 0 Å². The number of fused-ring (bicyclic) bond motifs is 1. The SMILES string of the molecule is C.C.CC.CCC1CCC1.Cc1ccc2ccccc2c1. The van der Waals surface area contributed by atoms with Gasteiger partial charge in [-0.25, -0.2) is 0 Å². The van der Waals surface area contributed by atoms with Crippen LogP contribution in [0, 0.1) is 12.8 Å². The molecule has 1 aliphatic carbocycles. The number of hydrogen-bond acceptors (Lipinski definition) is 0. The molecule has 21 heavy (non-hydrogen) atoms. The fourth-order valence-corrected chi connectivity index (χ4v) is 2.21. The monoisotopic (exact) mass is 288 g/mol. The van der Waals surface area contributed by atoms with Crippen LogP contribution in [0.25, 0.3) is 10.8 Å². The van der Waals surface area contributed by atoms with E-state index in [1.807, 2.05) is 13.8 Å². The Labute approximate surface area is 133 Å².